The summed E-state index contributed by atoms with van der Waals surface area (Å²) < 4.78 is 6.69. The Morgan fingerprint density at radius 3 is 2.95 bits per heavy atom. The van der Waals surface area contributed by atoms with Gasteiger partial charge >= 0.3 is 5.97 Å². The SMILES string of the molecule is CCOC(=O)c1c2c(nn1C)CCN(C(=S)NC)C2. The highest BCUT2D eigenvalue weighted by Gasteiger charge is 2.28. The summed E-state index contributed by atoms with van der Waals surface area (Å²) >= 11 is 5.24. The third-order valence-electron chi connectivity index (χ3n) is 3.17. The van der Waals surface area contributed by atoms with E-state index < -0.39 is 0 Å². The third kappa shape index (κ3) is 2.56. The molecule has 0 atom stereocenters. The number of hydrogen-bond acceptors (Lipinski definition) is 4. The maximum absolute atomic E-state index is 12.0. The van der Waals surface area contributed by atoms with Crippen LogP contribution in [-0.2, 0) is 24.8 Å². The lowest BCUT2D eigenvalue weighted by Gasteiger charge is -2.28. The molecule has 1 aromatic rings. The Hall–Kier alpha value is -1.63. The number of hydrogen-bond donors (Lipinski definition) is 1. The maximum atomic E-state index is 12.0. The summed E-state index contributed by atoms with van der Waals surface area (Å²) in [6.45, 7) is 3.56. The van der Waals surface area contributed by atoms with E-state index >= 15 is 0 Å². The molecule has 0 aromatic carbocycles. The molecule has 0 spiro atoms. The molecule has 0 aliphatic carbocycles. The molecule has 2 rings (SSSR count). The van der Waals surface area contributed by atoms with Crippen molar-refractivity contribution >= 4 is 23.3 Å². The van der Waals surface area contributed by atoms with Crippen LogP contribution in [0.1, 0.15) is 28.7 Å². The monoisotopic (exact) mass is 282 g/mol. The average Bonchev–Trinajstić information content (AvgIpc) is 2.72. The van der Waals surface area contributed by atoms with Crippen LogP contribution in [-0.4, -0.2) is 46.0 Å². The van der Waals surface area contributed by atoms with E-state index in [1.807, 2.05) is 4.90 Å². The van der Waals surface area contributed by atoms with Crippen LogP contribution in [0.4, 0.5) is 0 Å². The largest absolute Gasteiger partial charge is 0.461 e. The molecular formula is C12H18N4O2S. The van der Waals surface area contributed by atoms with E-state index in [2.05, 4.69) is 10.4 Å². The van der Waals surface area contributed by atoms with Gasteiger partial charge in [0, 0.05) is 39.2 Å². The van der Waals surface area contributed by atoms with Gasteiger partial charge in [-0.15, -0.1) is 0 Å². The van der Waals surface area contributed by atoms with Gasteiger partial charge in [0.25, 0.3) is 0 Å². The number of nitrogens with one attached hydrogen (secondary N) is 1. The van der Waals surface area contributed by atoms with Crippen LogP contribution in [0.2, 0.25) is 0 Å². The van der Waals surface area contributed by atoms with Gasteiger partial charge in [-0.1, -0.05) is 0 Å². The van der Waals surface area contributed by atoms with Gasteiger partial charge in [-0.3, -0.25) is 4.68 Å². The lowest BCUT2D eigenvalue weighted by Crippen LogP contribution is -2.41. The molecule has 0 saturated carbocycles. The molecule has 1 aliphatic rings. The Morgan fingerprint density at radius 1 is 1.58 bits per heavy atom. The minimum atomic E-state index is -0.323. The van der Waals surface area contributed by atoms with Gasteiger partial charge in [-0.25, -0.2) is 4.79 Å². The number of aryl methyl sites for hydroxylation is 1. The van der Waals surface area contributed by atoms with Gasteiger partial charge in [0.1, 0.15) is 0 Å². The van der Waals surface area contributed by atoms with Gasteiger partial charge in [-0.05, 0) is 19.1 Å². The first-order valence-corrected chi connectivity index (χ1v) is 6.67. The fourth-order valence-corrected chi connectivity index (χ4v) is 2.44. The number of thiocarbonyl (C=S) groups is 1. The number of carbonyl (C=O) groups is 1. The van der Waals surface area contributed by atoms with Crippen molar-refractivity contribution < 1.29 is 9.53 Å². The van der Waals surface area contributed by atoms with E-state index in [0.29, 0.717) is 24.0 Å². The van der Waals surface area contributed by atoms with Crippen LogP contribution in [0.15, 0.2) is 0 Å². The highest BCUT2D eigenvalue weighted by molar-refractivity contribution is 7.80. The van der Waals surface area contributed by atoms with Crippen LogP contribution in [0, 0.1) is 0 Å². The number of nitrogens with zero attached hydrogens (tertiary/aromatic N) is 3. The summed E-state index contributed by atoms with van der Waals surface area (Å²) in [7, 11) is 3.57. The van der Waals surface area contributed by atoms with Crippen molar-refractivity contribution in [1.82, 2.24) is 20.0 Å². The predicted molar refractivity (Wildman–Crippen MR) is 74.9 cm³/mol. The van der Waals surface area contributed by atoms with E-state index in [1.54, 1.807) is 25.7 Å². The zero-order valence-electron chi connectivity index (χ0n) is 11.4. The molecule has 1 aromatic heterocycles. The Morgan fingerprint density at radius 2 is 2.32 bits per heavy atom. The van der Waals surface area contributed by atoms with Gasteiger partial charge in [0.15, 0.2) is 10.8 Å². The molecule has 0 amide bonds. The van der Waals surface area contributed by atoms with Crippen molar-refractivity contribution in [3.05, 3.63) is 17.0 Å². The minimum Gasteiger partial charge on any atom is -0.461 e. The molecule has 1 N–H and O–H groups in total. The smallest absolute Gasteiger partial charge is 0.356 e. The first-order valence-electron chi connectivity index (χ1n) is 6.27. The minimum absolute atomic E-state index is 0.323. The van der Waals surface area contributed by atoms with Crippen LogP contribution >= 0.6 is 12.2 Å². The molecule has 0 fully saturated rings. The standard InChI is InChI=1S/C12H18N4O2S/c1-4-18-11(17)10-8-7-16(12(19)13-2)6-5-9(8)14-15(10)3/h4-7H2,1-3H3,(H,13,19). The quantitative estimate of drug-likeness (QED) is 0.628. The number of rotatable bonds is 2. The van der Waals surface area contributed by atoms with Crippen molar-refractivity contribution in [1.29, 1.82) is 0 Å². The molecule has 7 heteroatoms. The second-order valence-electron chi connectivity index (χ2n) is 4.34. The Bertz CT molecular complexity index is 512. The molecule has 0 bridgehead atoms. The predicted octanol–water partition coefficient (Wildman–Crippen LogP) is 0.459. The fourth-order valence-electron chi connectivity index (χ4n) is 2.29. The van der Waals surface area contributed by atoms with Gasteiger partial charge < -0.3 is 15.0 Å². The molecule has 6 nitrogen and oxygen atoms in total. The topological polar surface area (TPSA) is 59.4 Å². The van der Waals surface area contributed by atoms with Crippen molar-refractivity contribution in [3.63, 3.8) is 0 Å². The van der Waals surface area contributed by atoms with E-state index in [-0.39, 0.29) is 5.97 Å². The molecule has 0 saturated heterocycles. The van der Waals surface area contributed by atoms with Crippen LogP contribution in [0.25, 0.3) is 0 Å². The average molecular weight is 282 g/mol. The first-order chi connectivity index (χ1) is 9.08. The highest BCUT2D eigenvalue weighted by Crippen LogP contribution is 2.22. The Kier molecular flexibility index (Phi) is 4.04. The third-order valence-corrected chi connectivity index (χ3v) is 3.63. The highest BCUT2D eigenvalue weighted by atomic mass is 32.1. The second-order valence-corrected chi connectivity index (χ2v) is 4.73. The van der Waals surface area contributed by atoms with Gasteiger partial charge in [0.2, 0.25) is 0 Å². The van der Waals surface area contributed by atoms with Crippen LogP contribution < -0.4 is 5.32 Å². The molecule has 19 heavy (non-hydrogen) atoms. The molecule has 0 radical (unpaired) electrons. The van der Waals surface area contributed by atoms with Crippen molar-refractivity contribution in [2.75, 3.05) is 20.2 Å². The molecule has 1 aliphatic heterocycles. The zero-order chi connectivity index (χ0) is 14.0. The summed E-state index contributed by atoms with van der Waals surface area (Å²) in [6.07, 6.45) is 0.782. The van der Waals surface area contributed by atoms with E-state index in [0.717, 1.165) is 24.2 Å². The van der Waals surface area contributed by atoms with Crippen LogP contribution in [0.5, 0.6) is 0 Å². The lowest BCUT2D eigenvalue weighted by atomic mass is 10.1. The number of aromatic nitrogens is 2. The van der Waals surface area contributed by atoms with Crippen LogP contribution in [0.3, 0.4) is 0 Å². The molecule has 2 heterocycles. The normalized spacial score (nSPS) is 13.9. The zero-order valence-corrected chi connectivity index (χ0v) is 12.2. The number of ether oxygens (including phenoxy) is 1. The number of carbonyl (C=O) groups excluding carboxylic acids is 1. The Labute approximate surface area is 117 Å². The molecular weight excluding hydrogens is 264 g/mol. The fraction of sp³-hybridized carbons (Fsp3) is 0.583. The molecule has 104 valence electrons. The number of esters is 1. The Balaban J connectivity index is 2.31. The second kappa shape index (κ2) is 5.56. The van der Waals surface area contributed by atoms with Gasteiger partial charge in [-0.2, -0.15) is 5.10 Å². The van der Waals surface area contributed by atoms with E-state index in [4.69, 9.17) is 17.0 Å². The lowest BCUT2D eigenvalue weighted by molar-refractivity contribution is 0.0511. The summed E-state index contributed by atoms with van der Waals surface area (Å²) in [5.74, 6) is -0.323. The number of fused-ring (bicyclic) bond motifs is 1. The molecule has 0 unspecified atom stereocenters. The maximum Gasteiger partial charge on any atom is 0.356 e. The van der Waals surface area contributed by atoms with Crippen molar-refractivity contribution in [2.24, 2.45) is 7.05 Å². The summed E-state index contributed by atoms with van der Waals surface area (Å²) in [5, 5.41) is 8.04. The van der Waals surface area contributed by atoms with Gasteiger partial charge in [0.05, 0.1) is 12.3 Å². The van der Waals surface area contributed by atoms with Crippen molar-refractivity contribution in [2.45, 2.75) is 19.9 Å². The van der Waals surface area contributed by atoms with E-state index in [1.165, 1.54) is 0 Å². The van der Waals surface area contributed by atoms with E-state index in [9.17, 15) is 4.79 Å². The first kappa shape index (κ1) is 13.8. The summed E-state index contributed by atoms with van der Waals surface area (Å²) in [6, 6.07) is 0. The van der Waals surface area contributed by atoms with Crippen molar-refractivity contribution in [3.8, 4) is 0 Å². The summed E-state index contributed by atoms with van der Waals surface area (Å²) in [5.41, 5.74) is 2.41. The summed E-state index contributed by atoms with van der Waals surface area (Å²) in [4.78, 5) is 14.0.